The minimum Gasteiger partial charge on any atom is -0.377 e. The van der Waals surface area contributed by atoms with E-state index in [1.165, 1.54) is 40.0 Å². The van der Waals surface area contributed by atoms with Crippen molar-refractivity contribution in [1.82, 2.24) is 24.1 Å². The summed E-state index contributed by atoms with van der Waals surface area (Å²) in [6.07, 6.45) is 6.00. The molecule has 1 unspecified atom stereocenters. The number of piperidine rings is 1. The van der Waals surface area contributed by atoms with Crippen LogP contribution in [-0.4, -0.2) is 77.7 Å². The number of benzene rings is 2. The van der Waals surface area contributed by atoms with E-state index in [2.05, 4.69) is 33.2 Å². The topological polar surface area (TPSA) is 86.7 Å². The lowest BCUT2D eigenvalue weighted by molar-refractivity contribution is 0.0782. The molecule has 2 fully saturated rings. The van der Waals surface area contributed by atoms with Crippen LogP contribution >= 0.6 is 0 Å². The van der Waals surface area contributed by atoms with Crippen LogP contribution in [-0.2, 0) is 15.4 Å². The standard InChI is InChI=1S/C32H36FN5O3S/c1-23-30(24(2)35-22-34-23)31(39)37-20-25-18-36(19-26(25)21-37)14-11-32(27-7-4-3-5-8-27)12-15-38(16-13-32)42(40,41)29-10-6-9-28(33)17-29/h3-10,17-18,22,26H,11-16,19-21H2,1-2H3. The molecule has 3 aliphatic heterocycles. The zero-order valence-corrected chi connectivity index (χ0v) is 24.9. The summed E-state index contributed by atoms with van der Waals surface area (Å²) in [5, 5.41) is 0. The lowest BCUT2D eigenvalue weighted by Crippen LogP contribution is -2.46. The molecule has 3 aromatic rings. The first kappa shape index (κ1) is 28.5. The van der Waals surface area contributed by atoms with Gasteiger partial charge in [0.05, 0.1) is 21.8 Å². The van der Waals surface area contributed by atoms with Gasteiger partial charge in [-0.3, -0.25) is 4.79 Å². The van der Waals surface area contributed by atoms with Crippen molar-refractivity contribution in [2.45, 2.75) is 43.4 Å². The molecule has 1 aromatic heterocycles. The molecule has 0 saturated carbocycles. The number of amides is 1. The maximum Gasteiger partial charge on any atom is 0.257 e. The second kappa shape index (κ2) is 11.2. The molecule has 6 rings (SSSR count). The summed E-state index contributed by atoms with van der Waals surface area (Å²) >= 11 is 0. The summed E-state index contributed by atoms with van der Waals surface area (Å²) < 4.78 is 41.8. The van der Waals surface area contributed by atoms with Crippen LogP contribution in [0.15, 0.2) is 77.6 Å². The molecule has 0 bridgehead atoms. The molecular weight excluding hydrogens is 553 g/mol. The Kier molecular flexibility index (Phi) is 7.61. The zero-order valence-electron chi connectivity index (χ0n) is 24.0. The Hall–Kier alpha value is -3.63. The smallest absolute Gasteiger partial charge is 0.257 e. The highest BCUT2D eigenvalue weighted by atomic mass is 32.2. The van der Waals surface area contributed by atoms with E-state index in [1.54, 1.807) is 0 Å². The van der Waals surface area contributed by atoms with E-state index >= 15 is 0 Å². The van der Waals surface area contributed by atoms with E-state index in [4.69, 9.17) is 0 Å². The summed E-state index contributed by atoms with van der Waals surface area (Å²) in [5.74, 6) is -0.247. The lowest BCUT2D eigenvalue weighted by Gasteiger charge is -2.42. The largest absolute Gasteiger partial charge is 0.377 e. The quantitative estimate of drug-likeness (QED) is 0.408. The van der Waals surface area contributed by atoms with Crippen LogP contribution in [0.5, 0.6) is 0 Å². The molecule has 0 radical (unpaired) electrons. The van der Waals surface area contributed by atoms with Crippen LogP contribution in [0.4, 0.5) is 4.39 Å². The van der Waals surface area contributed by atoms with Crippen molar-refractivity contribution >= 4 is 15.9 Å². The number of rotatable bonds is 7. The fourth-order valence-corrected chi connectivity index (χ4v) is 8.30. The Morgan fingerprint density at radius 2 is 1.71 bits per heavy atom. The number of nitrogens with zero attached hydrogens (tertiary/aromatic N) is 5. The fourth-order valence-electron chi connectivity index (χ4n) is 6.82. The van der Waals surface area contributed by atoms with Gasteiger partial charge in [-0.2, -0.15) is 4.31 Å². The van der Waals surface area contributed by atoms with Gasteiger partial charge in [-0.25, -0.2) is 22.8 Å². The van der Waals surface area contributed by atoms with Crippen molar-refractivity contribution < 1.29 is 17.6 Å². The number of sulfonamides is 1. The highest BCUT2D eigenvalue weighted by Crippen LogP contribution is 2.41. The van der Waals surface area contributed by atoms with Crippen molar-refractivity contribution in [3.8, 4) is 0 Å². The first-order valence-corrected chi connectivity index (χ1v) is 15.9. The molecule has 0 N–H and O–H groups in total. The number of hydrogen-bond acceptors (Lipinski definition) is 6. The van der Waals surface area contributed by atoms with Gasteiger partial charge in [-0.15, -0.1) is 0 Å². The third-order valence-corrected chi connectivity index (χ3v) is 11.1. The van der Waals surface area contributed by atoms with E-state index in [0.717, 1.165) is 25.6 Å². The molecule has 42 heavy (non-hydrogen) atoms. The summed E-state index contributed by atoms with van der Waals surface area (Å²) in [5.41, 5.74) is 4.37. The van der Waals surface area contributed by atoms with Gasteiger partial charge >= 0.3 is 0 Å². The van der Waals surface area contributed by atoms with Crippen molar-refractivity contribution in [3.63, 3.8) is 0 Å². The molecule has 10 heteroatoms. The van der Waals surface area contributed by atoms with E-state index in [1.807, 2.05) is 36.9 Å². The van der Waals surface area contributed by atoms with Crippen LogP contribution < -0.4 is 0 Å². The van der Waals surface area contributed by atoms with E-state index in [0.29, 0.717) is 61.9 Å². The van der Waals surface area contributed by atoms with Crippen LogP contribution in [0.25, 0.3) is 0 Å². The van der Waals surface area contributed by atoms with Crippen LogP contribution in [0.1, 0.15) is 46.6 Å². The highest BCUT2D eigenvalue weighted by molar-refractivity contribution is 7.89. The molecule has 2 saturated heterocycles. The first-order valence-electron chi connectivity index (χ1n) is 14.5. The van der Waals surface area contributed by atoms with Crippen LogP contribution in [0.3, 0.4) is 0 Å². The Labute approximate surface area is 246 Å². The predicted molar refractivity (Wildman–Crippen MR) is 158 cm³/mol. The van der Waals surface area contributed by atoms with Gasteiger partial charge in [0.1, 0.15) is 12.1 Å². The summed E-state index contributed by atoms with van der Waals surface area (Å²) in [6.45, 7) is 7.49. The number of likely N-dealkylation sites (tertiary alicyclic amines) is 1. The predicted octanol–water partition coefficient (Wildman–Crippen LogP) is 4.32. The second-order valence-corrected chi connectivity index (χ2v) is 13.7. The van der Waals surface area contributed by atoms with E-state index in [-0.39, 0.29) is 16.2 Å². The monoisotopic (exact) mass is 589 g/mol. The number of carbonyl (C=O) groups is 1. The average Bonchev–Trinajstić information content (AvgIpc) is 3.56. The van der Waals surface area contributed by atoms with Crippen molar-refractivity contribution in [2.75, 3.05) is 39.3 Å². The van der Waals surface area contributed by atoms with Crippen LogP contribution in [0.2, 0.25) is 0 Å². The Bertz CT molecular complexity index is 1600. The van der Waals surface area contributed by atoms with Crippen molar-refractivity contribution in [3.05, 3.63) is 101 Å². The summed E-state index contributed by atoms with van der Waals surface area (Å²) in [6, 6.07) is 15.6. The Morgan fingerprint density at radius 3 is 2.38 bits per heavy atom. The molecule has 4 heterocycles. The number of hydrogen-bond donors (Lipinski definition) is 0. The molecular formula is C32H36FN5O3S. The minimum atomic E-state index is -3.76. The third-order valence-electron chi connectivity index (χ3n) is 9.25. The number of aryl methyl sites for hydroxylation is 2. The fraction of sp³-hybridized carbons (Fsp3) is 0.406. The first-order chi connectivity index (χ1) is 20.2. The molecule has 1 atom stereocenters. The van der Waals surface area contributed by atoms with Crippen molar-refractivity contribution in [2.24, 2.45) is 5.92 Å². The van der Waals surface area contributed by atoms with E-state index in [9.17, 15) is 17.6 Å². The van der Waals surface area contributed by atoms with Crippen molar-refractivity contribution in [1.29, 1.82) is 0 Å². The maximum atomic E-state index is 13.8. The molecule has 8 nitrogen and oxygen atoms in total. The normalized spacial score (nSPS) is 20.5. The zero-order chi connectivity index (χ0) is 29.5. The minimum absolute atomic E-state index is 0.00239. The van der Waals surface area contributed by atoms with Gasteiger partial charge in [-0.1, -0.05) is 36.4 Å². The SMILES string of the molecule is Cc1ncnc(C)c1C(=O)N1CC2=CN(CCC3(c4ccccc4)CCN(S(=O)(=O)c4cccc(F)c4)CC3)CC2C1. The summed E-state index contributed by atoms with van der Waals surface area (Å²) in [7, 11) is -3.76. The van der Waals surface area contributed by atoms with E-state index < -0.39 is 15.8 Å². The average molecular weight is 590 g/mol. The lowest BCUT2D eigenvalue weighted by atomic mass is 9.71. The molecule has 0 spiro atoms. The second-order valence-electron chi connectivity index (χ2n) is 11.8. The summed E-state index contributed by atoms with van der Waals surface area (Å²) in [4.78, 5) is 26.0. The molecule has 1 amide bonds. The van der Waals surface area contributed by atoms with Gasteiger partial charge in [0.15, 0.2) is 0 Å². The molecule has 0 aliphatic carbocycles. The molecule has 3 aliphatic rings. The number of fused-ring (bicyclic) bond motifs is 1. The van der Waals surface area contributed by atoms with Gasteiger partial charge in [0.25, 0.3) is 5.91 Å². The number of halogens is 1. The number of aromatic nitrogens is 2. The third kappa shape index (κ3) is 5.33. The Morgan fingerprint density at radius 1 is 1.00 bits per heavy atom. The van der Waals surface area contributed by atoms with Gasteiger partial charge in [0.2, 0.25) is 10.0 Å². The van der Waals surface area contributed by atoms with Gasteiger partial charge in [-0.05, 0) is 67.9 Å². The van der Waals surface area contributed by atoms with Crippen LogP contribution in [0, 0.1) is 25.6 Å². The Balaban J connectivity index is 1.13. The number of carbonyl (C=O) groups excluding carboxylic acids is 1. The molecule has 2 aromatic carbocycles. The van der Waals surface area contributed by atoms with Gasteiger partial charge < -0.3 is 9.80 Å². The highest BCUT2D eigenvalue weighted by Gasteiger charge is 2.41. The molecule has 220 valence electrons. The maximum absolute atomic E-state index is 13.8. The van der Waals surface area contributed by atoms with Gasteiger partial charge in [0, 0.05) is 51.4 Å².